The minimum absolute atomic E-state index is 0.148. The molecule has 1 fully saturated rings. The van der Waals surface area contributed by atoms with E-state index in [1.54, 1.807) is 0 Å². The molecule has 2 N–H and O–H groups in total. The molecule has 0 saturated heterocycles. The first-order chi connectivity index (χ1) is 20.6. The van der Waals surface area contributed by atoms with Gasteiger partial charge in [-0.15, -0.1) is 0 Å². The summed E-state index contributed by atoms with van der Waals surface area (Å²) in [6.45, 7) is 29.1. The van der Waals surface area contributed by atoms with E-state index in [0.29, 0.717) is 23.4 Å². The van der Waals surface area contributed by atoms with Gasteiger partial charge >= 0.3 is 0 Å². The average Bonchev–Trinajstić information content (AvgIpc) is 2.92. The van der Waals surface area contributed by atoms with Crippen molar-refractivity contribution in [3.63, 3.8) is 0 Å². The van der Waals surface area contributed by atoms with Gasteiger partial charge in [-0.2, -0.15) is 0 Å². The zero-order valence-corrected chi connectivity index (χ0v) is 30.7. The van der Waals surface area contributed by atoms with E-state index in [1.165, 1.54) is 36.8 Å². The van der Waals surface area contributed by atoms with Crippen molar-refractivity contribution in [3.8, 4) is 11.5 Å². The topological polar surface area (TPSA) is 62.2 Å². The Morgan fingerprint density at radius 2 is 1.27 bits per heavy atom. The third-order valence-electron chi connectivity index (χ3n) is 9.92. The van der Waals surface area contributed by atoms with Gasteiger partial charge in [-0.25, -0.2) is 0 Å². The molecule has 5 heteroatoms. The highest BCUT2D eigenvalue weighted by Crippen LogP contribution is 2.49. The second kappa shape index (κ2) is 14.4. The van der Waals surface area contributed by atoms with Gasteiger partial charge in [0.05, 0.1) is 6.10 Å². The molecule has 4 atom stereocenters. The van der Waals surface area contributed by atoms with Crippen LogP contribution in [-0.2, 0) is 5.41 Å². The summed E-state index contributed by atoms with van der Waals surface area (Å²) < 4.78 is 12.0. The Balaban J connectivity index is 1.61. The van der Waals surface area contributed by atoms with Gasteiger partial charge < -0.3 is 19.7 Å². The molecule has 5 nitrogen and oxygen atoms in total. The van der Waals surface area contributed by atoms with Crippen molar-refractivity contribution in [1.82, 2.24) is 4.90 Å². The molecule has 2 aromatic carbocycles. The molecule has 0 amide bonds. The van der Waals surface area contributed by atoms with Crippen LogP contribution in [-0.4, -0.2) is 59.7 Å². The van der Waals surface area contributed by atoms with Crippen LogP contribution in [0.3, 0.4) is 0 Å². The van der Waals surface area contributed by atoms with Gasteiger partial charge in [0.2, 0.25) is 0 Å². The second-order valence-corrected chi connectivity index (χ2v) is 17.9. The molecular formula is C40H65NO4. The first kappa shape index (κ1) is 37.4. The normalized spacial score (nSPS) is 22.2. The molecule has 1 aliphatic carbocycles. The van der Waals surface area contributed by atoms with Gasteiger partial charge in [-0.05, 0) is 76.3 Å². The van der Waals surface area contributed by atoms with Crippen molar-refractivity contribution in [3.05, 3.63) is 59.7 Å². The number of hydrogen-bond acceptors (Lipinski definition) is 5. The number of rotatable bonds is 13. The van der Waals surface area contributed by atoms with Crippen LogP contribution < -0.4 is 9.47 Å². The number of benzene rings is 2. The van der Waals surface area contributed by atoms with E-state index in [1.807, 2.05) is 45.0 Å². The summed E-state index contributed by atoms with van der Waals surface area (Å²) in [7, 11) is 0. The minimum Gasteiger partial charge on any atom is -0.491 e. The molecule has 0 radical (unpaired) electrons. The number of ether oxygens (including phenoxy) is 2. The van der Waals surface area contributed by atoms with Crippen LogP contribution in [0.25, 0.3) is 0 Å². The summed E-state index contributed by atoms with van der Waals surface area (Å²) >= 11 is 0. The van der Waals surface area contributed by atoms with E-state index in [4.69, 9.17) is 9.47 Å². The van der Waals surface area contributed by atoms with E-state index >= 15 is 0 Å². The van der Waals surface area contributed by atoms with Crippen molar-refractivity contribution in [1.29, 1.82) is 0 Å². The quantitative estimate of drug-likeness (QED) is 0.233. The summed E-state index contributed by atoms with van der Waals surface area (Å²) in [5.41, 5.74) is 2.72. The largest absolute Gasteiger partial charge is 0.491 e. The number of nitrogens with zero attached hydrogens (tertiary/aromatic N) is 1. The lowest BCUT2D eigenvalue weighted by molar-refractivity contribution is -0.0238. The highest BCUT2D eigenvalue weighted by Gasteiger charge is 2.43. The molecule has 254 valence electrons. The van der Waals surface area contributed by atoms with Gasteiger partial charge in [0.1, 0.15) is 30.8 Å². The maximum Gasteiger partial charge on any atom is 0.119 e. The Labute approximate surface area is 275 Å². The minimum atomic E-state index is -0.563. The van der Waals surface area contributed by atoms with Crippen molar-refractivity contribution < 1.29 is 19.7 Å². The number of aliphatic hydroxyl groups is 2. The lowest BCUT2D eigenvalue weighted by atomic mass is 9.61. The summed E-state index contributed by atoms with van der Waals surface area (Å²) in [6, 6.07) is 16.9. The van der Waals surface area contributed by atoms with E-state index in [-0.39, 0.29) is 29.5 Å². The van der Waals surface area contributed by atoms with E-state index in [9.17, 15) is 10.2 Å². The lowest BCUT2D eigenvalue weighted by Gasteiger charge is -2.51. The van der Waals surface area contributed by atoms with Crippen molar-refractivity contribution in [2.75, 3.05) is 26.3 Å². The maximum atomic E-state index is 11.2. The SMILES string of the molecule is CCC1(C)CC(N(CC(O)COc2ccc(C(C)(C)c3ccc(OCC(O)C(C)(C)C)cc3)cc2)CC(C)(C)C)CC(C)(C)C1. The summed E-state index contributed by atoms with van der Waals surface area (Å²) in [5, 5.41) is 21.5. The fourth-order valence-electron chi connectivity index (χ4n) is 7.10. The van der Waals surface area contributed by atoms with Crippen LogP contribution in [0.15, 0.2) is 48.5 Å². The first-order valence-electron chi connectivity index (χ1n) is 17.2. The van der Waals surface area contributed by atoms with Crippen LogP contribution in [0.4, 0.5) is 0 Å². The Morgan fingerprint density at radius 3 is 1.71 bits per heavy atom. The van der Waals surface area contributed by atoms with Crippen LogP contribution in [0.2, 0.25) is 0 Å². The Hall–Kier alpha value is -2.08. The highest BCUT2D eigenvalue weighted by atomic mass is 16.5. The smallest absolute Gasteiger partial charge is 0.119 e. The maximum absolute atomic E-state index is 11.2. The van der Waals surface area contributed by atoms with Gasteiger partial charge in [-0.3, -0.25) is 4.90 Å². The van der Waals surface area contributed by atoms with Gasteiger partial charge in [0, 0.05) is 24.5 Å². The zero-order chi connectivity index (χ0) is 33.8. The molecule has 2 aromatic rings. The van der Waals surface area contributed by atoms with Crippen LogP contribution in [0.1, 0.15) is 120 Å². The predicted molar refractivity (Wildman–Crippen MR) is 188 cm³/mol. The van der Waals surface area contributed by atoms with Crippen molar-refractivity contribution in [2.24, 2.45) is 21.7 Å². The Bertz CT molecular complexity index is 1190. The van der Waals surface area contributed by atoms with Gasteiger partial charge in [0.15, 0.2) is 0 Å². The molecule has 3 rings (SSSR count). The number of aliphatic hydroxyl groups excluding tert-OH is 2. The molecule has 0 aromatic heterocycles. The standard InChI is InChI=1S/C40H65NO4/c1-13-40(12)23-31(22-38(8,9)27-40)41(28-36(2,3)4)24-32(42)25-44-33-18-14-29(15-19-33)39(10,11)30-16-20-34(21-17-30)45-26-35(43)37(5,6)7/h14-21,31-32,35,42-43H,13,22-28H2,1-12H3. The molecule has 0 spiro atoms. The molecule has 0 heterocycles. The third-order valence-corrected chi connectivity index (χ3v) is 9.92. The number of hydrogen-bond donors (Lipinski definition) is 2. The lowest BCUT2D eigenvalue weighted by Crippen LogP contribution is -2.51. The molecule has 4 unspecified atom stereocenters. The summed E-state index contributed by atoms with van der Waals surface area (Å²) in [4.78, 5) is 2.55. The van der Waals surface area contributed by atoms with E-state index in [2.05, 4.69) is 91.5 Å². The molecule has 0 bridgehead atoms. The van der Waals surface area contributed by atoms with Crippen LogP contribution >= 0.6 is 0 Å². The predicted octanol–water partition coefficient (Wildman–Crippen LogP) is 8.88. The van der Waals surface area contributed by atoms with Gasteiger partial charge in [-0.1, -0.05) is 114 Å². The third kappa shape index (κ3) is 11.0. The molecular weight excluding hydrogens is 558 g/mol. The summed E-state index contributed by atoms with van der Waals surface area (Å²) in [6.07, 6.45) is 3.71. The van der Waals surface area contributed by atoms with Crippen LogP contribution in [0, 0.1) is 21.7 Å². The molecule has 0 aliphatic heterocycles. The fourth-order valence-corrected chi connectivity index (χ4v) is 7.10. The van der Waals surface area contributed by atoms with E-state index in [0.717, 1.165) is 18.0 Å². The molecule has 1 saturated carbocycles. The van der Waals surface area contributed by atoms with E-state index < -0.39 is 12.2 Å². The zero-order valence-electron chi connectivity index (χ0n) is 30.7. The van der Waals surface area contributed by atoms with Crippen LogP contribution in [0.5, 0.6) is 11.5 Å². The Kier molecular flexibility index (Phi) is 11.9. The molecule has 1 aliphatic rings. The second-order valence-electron chi connectivity index (χ2n) is 17.9. The monoisotopic (exact) mass is 623 g/mol. The Morgan fingerprint density at radius 1 is 0.778 bits per heavy atom. The fraction of sp³-hybridized carbons (Fsp3) is 0.700. The van der Waals surface area contributed by atoms with Gasteiger partial charge in [0.25, 0.3) is 0 Å². The average molecular weight is 624 g/mol. The first-order valence-corrected chi connectivity index (χ1v) is 17.2. The molecule has 45 heavy (non-hydrogen) atoms. The van der Waals surface area contributed by atoms with Crippen molar-refractivity contribution >= 4 is 0 Å². The summed E-state index contributed by atoms with van der Waals surface area (Å²) in [5.74, 6) is 1.53. The highest BCUT2D eigenvalue weighted by molar-refractivity contribution is 5.41. The van der Waals surface area contributed by atoms with Crippen molar-refractivity contribution in [2.45, 2.75) is 132 Å².